The molecule has 0 aromatic heterocycles. The predicted octanol–water partition coefficient (Wildman–Crippen LogP) is 3.60. The van der Waals surface area contributed by atoms with Crippen molar-refractivity contribution in [1.29, 1.82) is 0 Å². The van der Waals surface area contributed by atoms with E-state index in [2.05, 4.69) is 0 Å². The quantitative estimate of drug-likeness (QED) is 0.529. The molecular formula is C14H12O. The summed E-state index contributed by atoms with van der Waals surface area (Å²) < 4.78 is 0. The Morgan fingerprint density at radius 3 is 2.60 bits per heavy atom. The van der Waals surface area contributed by atoms with E-state index in [0.29, 0.717) is 0 Å². The lowest BCUT2D eigenvalue weighted by atomic mass is 10.0. The fraction of sp³-hybridized carbons (Fsp3) is 0.0714. The number of allylic oxidation sites excluding steroid dienone is 2. The third-order valence-corrected chi connectivity index (χ3v) is 2.37. The van der Waals surface area contributed by atoms with Crippen LogP contribution < -0.4 is 0 Å². The second kappa shape index (κ2) is 4.09. The maximum Gasteiger partial charge on any atom is 0.186 e. The van der Waals surface area contributed by atoms with Crippen molar-refractivity contribution in [2.75, 3.05) is 0 Å². The highest BCUT2D eigenvalue weighted by Gasteiger charge is 2.05. The maximum absolute atomic E-state index is 11.8. The third kappa shape index (κ3) is 1.82. The molecule has 0 saturated carbocycles. The van der Waals surface area contributed by atoms with Crippen LogP contribution in [0.2, 0.25) is 0 Å². The van der Waals surface area contributed by atoms with E-state index in [1.54, 1.807) is 12.2 Å². The monoisotopic (exact) mass is 196 g/mol. The highest BCUT2D eigenvalue weighted by molar-refractivity contribution is 6.13. The zero-order chi connectivity index (χ0) is 10.7. The Hall–Kier alpha value is -1.89. The van der Waals surface area contributed by atoms with Gasteiger partial charge in [-0.3, -0.25) is 4.79 Å². The van der Waals surface area contributed by atoms with Gasteiger partial charge in [0.05, 0.1) is 0 Å². The van der Waals surface area contributed by atoms with Crippen molar-refractivity contribution in [2.24, 2.45) is 0 Å². The zero-order valence-electron chi connectivity index (χ0n) is 8.60. The third-order valence-electron chi connectivity index (χ3n) is 2.37. The van der Waals surface area contributed by atoms with Crippen molar-refractivity contribution in [3.63, 3.8) is 0 Å². The Bertz CT molecular complexity index is 518. The van der Waals surface area contributed by atoms with Crippen LogP contribution in [0, 0.1) is 0 Å². The molecule has 2 aromatic rings. The molecule has 74 valence electrons. The first-order valence-corrected chi connectivity index (χ1v) is 4.97. The number of fused-ring (bicyclic) bond motifs is 1. The Morgan fingerprint density at radius 2 is 1.80 bits per heavy atom. The van der Waals surface area contributed by atoms with Crippen molar-refractivity contribution >= 4 is 16.6 Å². The number of hydrogen-bond donors (Lipinski definition) is 0. The maximum atomic E-state index is 11.8. The number of hydrogen-bond acceptors (Lipinski definition) is 1. The molecule has 2 rings (SSSR count). The van der Waals surface area contributed by atoms with Gasteiger partial charge in [0.2, 0.25) is 0 Å². The van der Waals surface area contributed by atoms with Crippen molar-refractivity contribution in [3.8, 4) is 0 Å². The summed E-state index contributed by atoms with van der Waals surface area (Å²) in [4.78, 5) is 11.8. The van der Waals surface area contributed by atoms with Gasteiger partial charge in [0.1, 0.15) is 0 Å². The highest BCUT2D eigenvalue weighted by atomic mass is 16.1. The van der Waals surface area contributed by atoms with Gasteiger partial charge in [0, 0.05) is 5.56 Å². The SMILES string of the molecule is C/C=C/C(=O)c1cccc2ccccc12. The average molecular weight is 196 g/mol. The summed E-state index contributed by atoms with van der Waals surface area (Å²) in [6.07, 6.45) is 3.37. The van der Waals surface area contributed by atoms with Crippen molar-refractivity contribution in [1.82, 2.24) is 0 Å². The Balaban J connectivity index is 2.65. The second-order valence-electron chi connectivity index (χ2n) is 3.39. The Kier molecular flexibility index (Phi) is 2.64. The van der Waals surface area contributed by atoms with Crippen molar-refractivity contribution in [2.45, 2.75) is 6.92 Å². The minimum Gasteiger partial charge on any atom is -0.289 e. The van der Waals surface area contributed by atoms with Crippen LogP contribution in [-0.2, 0) is 0 Å². The average Bonchev–Trinajstić information content (AvgIpc) is 2.28. The minimum absolute atomic E-state index is 0.0642. The molecule has 0 atom stereocenters. The first-order valence-electron chi connectivity index (χ1n) is 4.97. The van der Waals surface area contributed by atoms with Crippen LogP contribution in [0.15, 0.2) is 54.6 Å². The van der Waals surface area contributed by atoms with Gasteiger partial charge < -0.3 is 0 Å². The summed E-state index contributed by atoms with van der Waals surface area (Å²) in [5.74, 6) is 0.0642. The largest absolute Gasteiger partial charge is 0.289 e. The predicted molar refractivity (Wildman–Crippen MR) is 63.1 cm³/mol. The molecule has 0 fully saturated rings. The number of ketones is 1. The van der Waals surface area contributed by atoms with Crippen molar-refractivity contribution in [3.05, 3.63) is 60.2 Å². The fourth-order valence-electron chi connectivity index (χ4n) is 1.68. The van der Waals surface area contributed by atoms with Gasteiger partial charge in [-0.05, 0) is 23.8 Å². The molecule has 0 aliphatic carbocycles. The van der Waals surface area contributed by atoms with Gasteiger partial charge in [-0.2, -0.15) is 0 Å². The molecule has 0 saturated heterocycles. The summed E-state index contributed by atoms with van der Waals surface area (Å²) in [5.41, 5.74) is 0.770. The Labute approximate surface area is 89.0 Å². The summed E-state index contributed by atoms with van der Waals surface area (Å²) in [6, 6.07) is 13.7. The first-order chi connectivity index (χ1) is 7.33. The molecule has 0 heterocycles. The molecule has 0 spiro atoms. The smallest absolute Gasteiger partial charge is 0.186 e. The Morgan fingerprint density at radius 1 is 1.07 bits per heavy atom. The molecule has 15 heavy (non-hydrogen) atoms. The van der Waals surface area contributed by atoms with Crippen LogP contribution in [0.25, 0.3) is 10.8 Å². The van der Waals surface area contributed by atoms with Gasteiger partial charge in [-0.1, -0.05) is 48.5 Å². The van der Waals surface area contributed by atoms with Gasteiger partial charge in [0.25, 0.3) is 0 Å². The van der Waals surface area contributed by atoms with Gasteiger partial charge >= 0.3 is 0 Å². The molecule has 0 unspecified atom stereocenters. The second-order valence-corrected chi connectivity index (χ2v) is 3.39. The van der Waals surface area contributed by atoms with E-state index in [0.717, 1.165) is 16.3 Å². The van der Waals surface area contributed by atoms with E-state index in [9.17, 15) is 4.79 Å². The van der Waals surface area contributed by atoms with Crippen LogP contribution in [0.5, 0.6) is 0 Å². The standard InChI is InChI=1S/C14H12O/c1-2-6-14(15)13-10-5-8-11-7-3-4-9-12(11)13/h2-10H,1H3/b6-2+. The number of carbonyl (C=O) groups is 1. The van der Waals surface area contributed by atoms with Crippen molar-refractivity contribution < 1.29 is 4.79 Å². The zero-order valence-corrected chi connectivity index (χ0v) is 8.60. The normalized spacial score (nSPS) is 11.0. The molecule has 0 N–H and O–H groups in total. The molecule has 0 amide bonds. The van der Waals surface area contributed by atoms with Crippen LogP contribution in [-0.4, -0.2) is 5.78 Å². The molecule has 0 radical (unpaired) electrons. The van der Waals surface area contributed by atoms with E-state index in [-0.39, 0.29) is 5.78 Å². The molecule has 0 aliphatic rings. The molecule has 0 bridgehead atoms. The lowest BCUT2D eigenvalue weighted by molar-refractivity contribution is 0.104. The highest BCUT2D eigenvalue weighted by Crippen LogP contribution is 2.19. The molecule has 1 heteroatoms. The van der Waals surface area contributed by atoms with Crippen LogP contribution in [0.4, 0.5) is 0 Å². The van der Waals surface area contributed by atoms with Gasteiger partial charge in [0.15, 0.2) is 5.78 Å². The van der Waals surface area contributed by atoms with E-state index in [1.165, 1.54) is 0 Å². The van der Waals surface area contributed by atoms with Crippen LogP contribution >= 0.6 is 0 Å². The lowest BCUT2D eigenvalue weighted by Gasteiger charge is -2.02. The number of benzene rings is 2. The van der Waals surface area contributed by atoms with E-state index >= 15 is 0 Å². The van der Waals surface area contributed by atoms with E-state index < -0.39 is 0 Å². The number of rotatable bonds is 2. The van der Waals surface area contributed by atoms with E-state index in [4.69, 9.17) is 0 Å². The minimum atomic E-state index is 0.0642. The topological polar surface area (TPSA) is 17.1 Å². The summed E-state index contributed by atoms with van der Waals surface area (Å²) in [5, 5.41) is 2.12. The molecule has 0 aliphatic heterocycles. The van der Waals surface area contributed by atoms with Gasteiger partial charge in [-0.25, -0.2) is 0 Å². The molecule has 1 nitrogen and oxygen atoms in total. The molecule has 2 aromatic carbocycles. The molecular weight excluding hydrogens is 184 g/mol. The van der Waals surface area contributed by atoms with Gasteiger partial charge in [-0.15, -0.1) is 0 Å². The lowest BCUT2D eigenvalue weighted by Crippen LogP contribution is -1.94. The number of carbonyl (C=O) groups excluding carboxylic acids is 1. The summed E-state index contributed by atoms with van der Waals surface area (Å²) in [6.45, 7) is 1.85. The van der Waals surface area contributed by atoms with Crippen LogP contribution in [0.1, 0.15) is 17.3 Å². The van der Waals surface area contributed by atoms with Crippen LogP contribution in [0.3, 0.4) is 0 Å². The van der Waals surface area contributed by atoms with E-state index in [1.807, 2.05) is 49.4 Å². The fourth-order valence-corrected chi connectivity index (χ4v) is 1.68. The first kappa shape index (κ1) is 9.66. The summed E-state index contributed by atoms with van der Waals surface area (Å²) >= 11 is 0. The summed E-state index contributed by atoms with van der Waals surface area (Å²) in [7, 11) is 0.